The summed E-state index contributed by atoms with van der Waals surface area (Å²) < 4.78 is 5.69. The van der Waals surface area contributed by atoms with Gasteiger partial charge in [-0.2, -0.15) is 0 Å². The number of pyridine rings is 1. The average Bonchev–Trinajstić information content (AvgIpc) is 2.48. The molecule has 0 aliphatic carbocycles. The number of aliphatic carboxylic acids is 1. The second-order valence-corrected chi connectivity index (χ2v) is 5.32. The van der Waals surface area contributed by atoms with Crippen molar-refractivity contribution in [2.75, 3.05) is 24.6 Å². The summed E-state index contributed by atoms with van der Waals surface area (Å²) in [7, 11) is 0. The van der Waals surface area contributed by atoms with Gasteiger partial charge in [0.05, 0.1) is 6.10 Å². The van der Waals surface area contributed by atoms with E-state index in [9.17, 15) is 0 Å². The molecule has 1 fully saturated rings. The van der Waals surface area contributed by atoms with E-state index in [4.69, 9.17) is 14.6 Å². The highest BCUT2D eigenvalue weighted by Gasteiger charge is 2.22. The van der Waals surface area contributed by atoms with E-state index in [0.29, 0.717) is 6.10 Å². The standard InChI is InChI=1S/C14H23N3O.C2H4O2/c1-3-18-13-6-8-17(9-7-13)14-12(10-15)5-4-11(2)16-14;1-2(3)4/h4-5,13H,3,6-10,15H2,1-2H3;1H3,(H,3,4). The fourth-order valence-corrected chi connectivity index (χ4v) is 2.51. The van der Waals surface area contributed by atoms with Crippen LogP contribution in [0.15, 0.2) is 12.1 Å². The number of carbonyl (C=O) groups is 1. The predicted octanol–water partition coefficient (Wildman–Crippen LogP) is -0.107. The molecule has 3 N–H and O–H groups in total. The van der Waals surface area contributed by atoms with Crippen LogP contribution in [0.5, 0.6) is 0 Å². The minimum Gasteiger partial charge on any atom is -0.550 e. The number of nitrogens with zero attached hydrogens (tertiary/aromatic N) is 2. The largest absolute Gasteiger partial charge is 0.550 e. The van der Waals surface area contributed by atoms with E-state index >= 15 is 0 Å². The third-order valence-electron chi connectivity index (χ3n) is 3.51. The van der Waals surface area contributed by atoms with Crippen LogP contribution in [0.1, 0.15) is 37.9 Å². The van der Waals surface area contributed by atoms with Crippen molar-refractivity contribution in [1.82, 2.24) is 4.98 Å². The lowest BCUT2D eigenvalue weighted by atomic mass is 10.1. The summed E-state index contributed by atoms with van der Waals surface area (Å²) in [6.45, 7) is 8.77. The van der Waals surface area contributed by atoms with E-state index in [2.05, 4.69) is 34.7 Å². The van der Waals surface area contributed by atoms with Gasteiger partial charge in [-0.1, -0.05) is 0 Å². The number of carboxylic acid groups (broad SMARTS) is 1. The van der Waals surface area contributed by atoms with Gasteiger partial charge in [0.2, 0.25) is 0 Å². The highest BCUT2D eigenvalue weighted by molar-refractivity contribution is 5.60. The van der Waals surface area contributed by atoms with Crippen molar-refractivity contribution in [2.24, 2.45) is 0 Å². The zero-order valence-electron chi connectivity index (χ0n) is 13.8. The molecule has 124 valence electrons. The third kappa shape index (κ3) is 5.99. The minimum atomic E-state index is -1.08. The monoisotopic (exact) mass is 309 g/mol. The quantitative estimate of drug-likeness (QED) is 0.838. The molecule has 1 saturated heterocycles. The molecule has 2 heterocycles. The number of hydrogen-bond donors (Lipinski definition) is 1. The first kappa shape index (κ1) is 18.4. The molecule has 1 aliphatic rings. The Bertz CT molecular complexity index is 468. The number of carboxylic acids is 1. The van der Waals surface area contributed by atoms with E-state index in [1.165, 1.54) is 5.56 Å². The van der Waals surface area contributed by atoms with Gasteiger partial charge in [-0.3, -0.25) is 0 Å². The molecule has 0 atom stereocenters. The van der Waals surface area contributed by atoms with Crippen LogP contribution in [0.4, 0.5) is 5.82 Å². The van der Waals surface area contributed by atoms with Crippen LogP contribution in [0.25, 0.3) is 0 Å². The van der Waals surface area contributed by atoms with E-state index in [1.807, 2.05) is 6.92 Å². The summed E-state index contributed by atoms with van der Waals surface area (Å²) in [5.41, 5.74) is 6.32. The van der Waals surface area contributed by atoms with Crippen LogP contribution in [-0.2, 0) is 16.1 Å². The van der Waals surface area contributed by atoms with Crippen molar-refractivity contribution in [3.63, 3.8) is 0 Å². The molecule has 0 spiro atoms. The van der Waals surface area contributed by atoms with Crippen molar-refractivity contribution >= 4 is 11.8 Å². The fourth-order valence-electron chi connectivity index (χ4n) is 2.51. The highest BCUT2D eigenvalue weighted by Crippen LogP contribution is 2.23. The molecule has 0 saturated carbocycles. The minimum absolute atomic E-state index is 0.430. The number of aryl methyl sites for hydroxylation is 1. The van der Waals surface area contributed by atoms with Crippen LogP contribution in [0, 0.1) is 6.92 Å². The van der Waals surface area contributed by atoms with Gasteiger partial charge in [0.15, 0.2) is 0 Å². The molecule has 2 rings (SSSR count). The van der Waals surface area contributed by atoms with Gasteiger partial charge in [0.25, 0.3) is 0 Å². The Kier molecular flexibility index (Phi) is 7.84. The van der Waals surface area contributed by atoms with E-state index in [1.54, 1.807) is 0 Å². The van der Waals surface area contributed by atoms with Crippen LogP contribution >= 0.6 is 0 Å². The molecular formula is C16H27N3O3. The third-order valence-corrected chi connectivity index (χ3v) is 3.51. The Morgan fingerprint density at radius 3 is 2.55 bits per heavy atom. The Morgan fingerprint density at radius 2 is 2.05 bits per heavy atom. The second kappa shape index (κ2) is 9.38. The Morgan fingerprint density at radius 1 is 1.45 bits per heavy atom. The molecule has 22 heavy (non-hydrogen) atoms. The van der Waals surface area contributed by atoms with Gasteiger partial charge in [0.1, 0.15) is 12.4 Å². The van der Waals surface area contributed by atoms with Crippen molar-refractivity contribution < 1.29 is 20.4 Å². The smallest absolute Gasteiger partial charge is 0.137 e. The first-order valence-electron chi connectivity index (χ1n) is 7.77. The molecular weight excluding hydrogens is 282 g/mol. The first-order valence-corrected chi connectivity index (χ1v) is 7.77. The molecule has 1 aromatic rings. The number of ether oxygens (including phenoxy) is 1. The number of rotatable bonds is 4. The SMILES string of the molecule is CC(=O)[O-].CCOC1CCN(c2nc(C)ccc2C[NH3+])CC1. The number of carbonyl (C=O) groups excluding carboxylic acids is 1. The maximum atomic E-state index is 8.89. The fraction of sp³-hybridized carbons (Fsp3) is 0.625. The zero-order valence-corrected chi connectivity index (χ0v) is 13.8. The van der Waals surface area contributed by atoms with Crippen molar-refractivity contribution in [1.29, 1.82) is 0 Å². The molecule has 0 bridgehead atoms. The molecule has 1 aliphatic heterocycles. The van der Waals surface area contributed by atoms with Crippen LogP contribution < -0.4 is 15.7 Å². The first-order chi connectivity index (χ1) is 10.5. The lowest BCUT2D eigenvalue weighted by molar-refractivity contribution is -0.386. The number of piperidine rings is 1. The van der Waals surface area contributed by atoms with Gasteiger partial charge >= 0.3 is 0 Å². The lowest BCUT2D eigenvalue weighted by Crippen LogP contribution is -2.48. The molecule has 0 aromatic carbocycles. The molecule has 1 aromatic heterocycles. The summed E-state index contributed by atoms with van der Waals surface area (Å²) in [6.07, 6.45) is 2.62. The Hall–Kier alpha value is -1.66. The Balaban J connectivity index is 0.000000541. The maximum Gasteiger partial charge on any atom is 0.137 e. The summed E-state index contributed by atoms with van der Waals surface area (Å²) in [5, 5.41) is 8.89. The molecule has 6 heteroatoms. The summed E-state index contributed by atoms with van der Waals surface area (Å²) >= 11 is 0. The van der Waals surface area contributed by atoms with E-state index < -0.39 is 5.97 Å². The van der Waals surface area contributed by atoms with E-state index in [0.717, 1.165) is 57.5 Å². The van der Waals surface area contributed by atoms with E-state index in [-0.39, 0.29) is 0 Å². The van der Waals surface area contributed by atoms with Gasteiger partial charge in [-0.05, 0) is 45.7 Å². The molecule has 0 unspecified atom stereocenters. The van der Waals surface area contributed by atoms with Crippen molar-refractivity contribution in [3.05, 3.63) is 23.4 Å². The number of aromatic nitrogens is 1. The Labute approximate surface area is 132 Å². The van der Waals surface area contributed by atoms with Crippen LogP contribution in [-0.4, -0.2) is 36.8 Å². The second-order valence-electron chi connectivity index (χ2n) is 5.32. The predicted molar refractivity (Wildman–Crippen MR) is 83.1 cm³/mol. The number of anilines is 1. The normalized spacial score (nSPS) is 15.2. The molecule has 0 amide bonds. The van der Waals surface area contributed by atoms with Gasteiger partial charge < -0.3 is 25.3 Å². The van der Waals surface area contributed by atoms with Crippen LogP contribution in [0.2, 0.25) is 0 Å². The maximum absolute atomic E-state index is 8.89. The van der Waals surface area contributed by atoms with Crippen molar-refractivity contribution in [2.45, 2.75) is 46.3 Å². The molecule has 0 radical (unpaired) electrons. The number of hydrogen-bond acceptors (Lipinski definition) is 5. The van der Waals surface area contributed by atoms with Gasteiger partial charge in [0, 0.05) is 36.9 Å². The summed E-state index contributed by atoms with van der Waals surface area (Å²) in [6, 6.07) is 4.22. The lowest BCUT2D eigenvalue weighted by Gasteiger charge is -2.33. The number of quaternary nitrogens is 1. The summed E-state index contributed by atoms with van der Waals surface area (Å²) in [5.74, 6) is 0.0416. The average molecular weight is 309 g/mol. The molecule has 6 nitrogen and oxygen atoms in total. The zero-order chi connectivity index (χ0) is 16.5. The van der Waals surface area contributed by atoms with Gasteiger partial charge in [-0.15, -0.1) is 0 Å². The van der Waals surface area contributed by atoms with Crippen LogP contribution in [0.3, 0.4) is 0 Å². The highest BCUT2D eigenvalue weighted by atomic mass is 16.5. The topological polar surface area (TPSA) is 93.1 Å². The van der Waals surface area contributed by atoms with Gasteiger partial charge in [-0.25, -0.2) is 4.98 Å². The summed E-state index contributed by atoms with van der Waals surface area (Å²) in [4.78, 5) is 16.0. The van der Waals surface area contributed by atoms with Crippen molar-refractivity contribution in [3.8, 4) is 0 Å².